The third-order valence-electron chi connectivity index (χ3n) is 7.94. The van der Waals surface area contributed by atoms with Gasteiger partial charge in [-0.2, -0.15) is 0 Å². The van der Waals surface area contributed by atoms with Crippen LogP contribution in [0.15, 0.2) is 34.1 Å². The van der Waals surface area contributed by atoms with E-state index in [-0.39, 0.29) is 39.0 Å². The molecule has 6 heterocycles. The van der Waals surface area contributed by atoms with Crippen molar-refractivity contribution in [1.29, 1.82) is 0 Å². The molecule has 6 N–H and O–H groups in total. The third kappa shape index (κ3) is 6.91. The van der Waals surface area contributed by atoms with Gasteiger partial charge in [0.1, 0.15) is 22.4 Å². The second kappa shape index (κ2) is 14.6. The maximum Gasteiger partial charge on any atom is 0.341 e. The van der Waals surface area contributed by atoms with E-state index in [0.29, 0.717) is 50.6 Å². The summed E-state index contributed by atoms with van der Waals surface area (Å²) in [7, 11) is 0. The molecule has 0 spiro atoms. The Hall–Kier alpha value is -5.00. The summed E-state index contributed by atoms with van der Waals surface area (Å²) in [6.07, 6.45) is 2.53. The first kappa shape index (κ1) is 34.9. The highest BCUT2D eigenvalue weighted by Crippen LogP contribution is 2.23. The fraction of sp³-hybridized carbons (Fsp3) is 0.400. The average molecular weight is 659 g/mol. The van der Waals surface area contributed by atoms with Gasteiger partial charge in [-0.05, 0) is 26.0 Å². The molecule has 47 heavy (non-hydrogen) atoms. The number of aromatic carboxylic acids is 2. The number of aromatic nitrogens is 4. The van der Waals surface area contributed by atoms with Crippen LogP contribution in [0.4, 0.5) is 20.4 Å². The monoisotopic (exact) mass is 658 g/mol. The van der Waals surface area contributed by atoms with Gasteiger partial charge in [-0.3, -0.25) is 9.59 Å². The van der Waals surface area contributed by atoms with Crippen LogP contribution in [0.3, 0.4) is 0 Å². The lowest BCUT2D eigenvalue weighted by Gasteiger charge is -2.29. The maximum absolute atomic E-state index is 14.4. The molecule has 0 saturated carbocycles. The quantitative estimate of drug-likeness (QED) is 0.224. The number of carboxylic acids is 2. The van der Waals surface area contributed by atoms with Gasteiger partial charge in [0, 0.05) is 77.8 Å². The van der Waals surface area contributed by atoms with Gasteiger partial charge in [0.05, 0.1) is 10.8 Å². The molecule has 252 valence electrons. The Morgan fingerprint density at radius 3 is 1.36 bits per heavy atom. The number of carbonyl (C=O) groups is 2. The number of pyridine rings is 4. The molecule has 0 amide bonds. The van der Waals surface area contributed by atoms with Crippen molar-refractivity contribution >= 4 is 45.6 Å². The molecule has 0 radical (unpaired) electrons. The molecule has 0 atom stereocenters. The molecule has 2 fully saturated rings. The number of anilines is 2. The first-order chi connectivity index (χ1) is 22.0. The number of nitrogens with zero attached hydrogens (tertiary/aromatic N) is 6. The Labute approximate surface area is 266 Å². The molecule has 0 aliphatic carbocycles. The molecule has 0 aromatic carbocycles. The summed E-state index contributed by atoms with van der Waals surface area (Å²) in [5.41, 5.74) is -1.58. The normalized spacial score (nSPS) is 14.8. The molecule has 2 saturated heterocycles. The topological polar surface area (TPSA) is 206 Å². The average Bonchev–Trinajstić information content (AvgIpc) is 3.06. The Morgan fingerprint density at radius 1 is 0.723 bits per heavy atom. The smallest absolute Gasteiger partial charge is 0.341 e. The number of nitrogens with one attached hydrogen (secondary N) is 2. The fourth-order valence-corrected chi connectivity index (χ4v) is 5.54. The Kier molecular flexibility index (Phi) is 10.8. The molecular weight excluding hydrogens is 622 g/mol. The first-order valence-corrected chi connectivity index (χ1v) is 14.9. The lowest BCUT2D eigenvalue weighted by atomic mass is 10.2. The molecule has 4 aromatic heterocycles. The Bertz CT molecular complexity index is 1800. The van der Waals surface area contributed by atoms with Crippen LogP contribution in [0, 0.1) is 11.6 Å². The number of hydrogen-bond acceptors (Lipinski definition) is 10. The van der Waals surface area contributed by atoms with E-state index in [2.05, 4.69) is 20.6 Å². The SMILES string of the molecule is CCn1cc(C(=O)O)c(=O)c2cc(F)c(N3CCNCC3)nc21.CCn1cc(C(=O)O)c(=O)c2cc(F)c(N3CCNCC3)nc21.O. The lowest BCUT2D eigenvalue weighted by Crippen LogP contribution is -2.44. The summed E-state index contributed by atoms with van der Waals surface area (Å²) >= 11 is 0. The fourth-order valence-electron chi connectivity index (χ4n) is 5.54. The second-order valence-electron chi connectivity index (χ2n) is 10.7. The van der Waals surface area contributed by atoms with E-state index < -0.39 is 34.4 Å². The van der Waals surface area contributed by atoms with E-state index in [1.807, 2.05) is 23.6 Å². The van der Waals surface area contributed by atoms with Crippen LogP contribution < -0.4 is 31.3 Å². The molecule has 6 rings (SSSR count). The summed E-state index contributed by atoms with van der Waals surface area (Å²) in [4.78, 5) is 59.2. The molecule has 2 aliphatic rings. The molecule has 0 unspecified atom stereocenters. The molecule has 15 nitrogen and oxygen atoms in total. The number of piperazine rings is 2. The number of fused-ring (bicyclic) bond motifs is 2. The van der Waals surface area contributed by atoms with Crippen molar-refractivity contribution in [1.82, 2.24) is 29.7 Å². The van der Waals surface area contributed by atoms with Crippen molar-refractivity contribution < 1.29 is 34.1 Å². The van der Waals surface area contributed by atoms with Crippen LogP contribution in [-0.2, 0) is 13.1 Å². The van der Waals surface area contributed by atoms with Crippen molar-refractivity contribution in [2.45, 2.75) is 26.9 Å². The highest BCUT2D eigenvalue weighted by Gasteiger charge is 2.23. The van der Waals surface area contributed by atoms with Crippen LogP contribution >= 0.6 is 0 Å². The Morgan fingerprint density at radius 2 is 1.06 bits per heavy atom. The number of hydrogen-bond donors (Lipinski definition) is 4. The van der Waals surface area contributed by atoms with Gasteiger partial charge >= 0.3 is 11.9 Å². The van der Waals surface area contributed by atoms with Crippen molar-refractivity contribution in [3.05, 3.63) is 67.7 Å². The number of aryl methyl sites for hydroxylation is 2. The van der Waals surface area contributed by atoms with Crippen molar-refractivity contribution in [3.63, 3.8) is 0 Å². The maximum atomic E-state index is 14.4. The van der Waals surface area contributed by atoms with Gasteiger partial charge in [0.25, 0.3) is 0 Å². The molecule has 17 heteroatoms. The molecule has 0 bridgehead atoms. The molecule has 4 aromatic rings. The summed E-state index contributed by atoms with van der Waals surface area (Å²) in [6.45, 7) is 9.91. The van der Waals surface area contributed by atoms with Gasteiger partial charge in [-0.1, -0.05) is 0 Å². The van der Waals surface area contributed by atoms with Crippen LogP contribution in [0.25, 0.3) is 22.1 Å². The summed E-state index contributed by atoms with van der Waals surface area (Å²) in [5, 5.41) is 24.6. The van der Waals surface area contributed by atoms with E-state index >= 15 is 0 Å². The Balaban J connectivity index is 0.000000208. The van der Waals surface area contributed by atoms with E-state index in [4.69, 9.17) is 10.2 Å². The van der Waals surface area contributed by atoms with Gasteiger partial charge in [0.2, 0.25) is 10.9 Å². The number of halogens is 2. The minimum atomic E-state index is -1.33. The highest BCUT2D eigenvalue weighted by atomic mass is 19.1. The van der Waals surface area contributed by atoms with Gasteiger partial charge < -0.3 is 45.3 Å². The number of carboxylic acid groups (broad SMARTS) is 2. The molecular formula is C30H36F2N8O7. The van der Waals surface area contributed by atoms with Gasteiger partial charge in [-0.15, -0.1) is 0 Å². The van der Waals surface area contributed by atoms with Crippen molar-refractivity contribution in [2.75, 3.05) is 62.2 Å². The van der Waals surface area contributed by atoms with E-state index in [9.17, 15) is 28.0 Å². The van der Waals surface area contributed by atoms with Crippen LogP contribution in [-0.4, -0.2) is 99.1 Å². The first-order valence-electron chi connectivity index (χ1n) is 14.9. The largest absolute Gasteiger partial charge is 0.477 e. The summed E-state index contributed by atoms with van der Waals surface area (Å²) < 4.78 is 32.0. The highest BCUT2D eigenvalue weighted by molar-refractivity contribution is 5.93. The van der Waals surface area contributed by atoms with Gasteiger partial charge in [0.15, 0.2) is 23.3 Å². The van der Waals surface area contributed by atoms with E-state index in [1.165, 1.54) is 12.4 Å². The van der Waals surface area contributed by atoms with E-state index in [1.54, 1.807) is 9.13 Å². The third-order valence-corrected chi connectivity index (χ3v) is 7.94. The lowest BCUT2D eigenvalue weighted by molar-refractivity contribution is 0.0684. The van der Waals surface area contributed by atoms with Crippen LogP contribution in [0.5, 0.6) is 0 Å². The predicted molar refractivity (Wildman–Crippen MR) is 171 cm³/mol. The second-order valence-corrected chi connectivity index (χ2v) is 10.7. The zero-order valence-corrected chi connectivity index (χ0v) is 25.8. The summed E-state index contributed by atoms with van der Waals surface area (Å²) in [6, 6.07) is 2.20. The van der Waals surface area contributed by atoms with Gasteiger partial charge in [-0.25, -0.2) is 28.3 Å². The van der Waals surface area contributed by atoms with Crippen LogP contribution in [0.1, 0.15) is 34.6 Å². The number of rotatable bonds is 6. The zero-order chi connectivity index (χ0) is 33.1. The standard InChI is InChI=1S/2C15H17FN4O3.H2O/c2*1-2-19-8-10(15(22)23)12(21)9-7-11(16)14(18-13(9)19)20-5-3-17-4-6-20;/h2*7-8,17H,2-6H2,1H3,(H,22,23);1H2. The van der Waals surface area contributed by atoms with E-state index in [0.717, 1.165) is 38.3 Å². The summed E-state index contributed by atoms with van der Waals surface area (Å²) in [5.74, 6) is -3.48. The van der Waals surface area contributed by atoms with Crippen molar-refractivity contribution in [3.8, 4) is 0 Å². The minimum absolute atomic E-state index is 0. The van der Waals surface area contributed by atoms with Crippen LogP contribution in [0.2, 0.25) is 0 Å². The minimum Gasteiger partial charge on any atom is -0.477 e. The molecule has 2 aliphatic heterocycles. The zero-order valence-electron chi connectivity index (χ0n) is 25.8. The predicted octanol–water partition coefficient (Wildman–Crippen LogP) is 0.502. The van der Waals surface area contributed by atoms with Crippen molar-refractivity contribution in [2.24, 2.45) is 0 Å².